The van der Waals surface area contributed by atoms with Crippen LogP contribution in [0.1, 0.15) is 17.4 Å². The lowest BCUT2D eigenvalue weighted by molar-refractivity contribution is 0.0650. The molecule has 116 valence electrons. The largest absolute Gasteiger partial charge is 0.332 e. The number of hydrogen-bond donors (Lipinski definition) is 1. The lowest BCUT2D eigenvalue weighted by atomic mass is 10.2. The second kappa shape index (κ2) is 6.54. The van der Waals surface area contributed by atoms with Crippen molar-refractivity contribution in [3.05, 3.63) is 39.3 Å². The summed E-state index contributed by atoms with van der Waals surface area (Å²) in [5.74, 6) is -0.0263. The Morgan fingerprint density at radius 3 is 3.00 bits per heavy atom. The molecule has 1 saturated heterocycles. The fourth-order valence-corrected chi connectivity index (χ4v) is 3.84. The molecule has 4 nitrogen and oxygen atoms in total. The molecule has 1 amide bonds. The van der Waals surface area contributed by atoms with Gasteiger partial charge in [-0.05, 0) is 25.1 Å². The lowest BCUT2D eigenvalue weighted by Crippen LogP contribution is -2.52. The van der Waals surface area contributed by atoms with E-state index in [4.69, 9.17) is 23.2 Å². The summed E-state index contributed by atoms with van der Waals surface area (Å²) < 4.78 is 0. The molecule has 0 spiro atoms. The third-order valence-corrected chi connectivity index (χ3v) is 5.07. The van der Waals surface area contributed by atoms with Gasteiger partial charge in [0.2, 0.25) is 0 Å². The molecule has 1 aromatic carbocycles. The van der Waals surface area contributed by atoms with Crippen LogP contribution in [0.3, 0.4) is 0 Å². The Hall–Kier alpha value is -1.14. The first-order valence-electron chi connectivity index (χ1n) is 6.99. The van der Waals surface area contributed by atoms with Gasteiger partial charge in [0.1, 0.15) is 10.7 Å². The number of hydrogen-bond acceptors (Lipinski definition) is 4. The standard InChI is InChI=1S/C15H15Cl2N3OS/c1-9-7-18-4-5-20(9)15(21)13-8-22-14(19-13)11-3-2-10(16)6-12(11)17/h2-3,6,8-9,18H,4-5,7H2,1H3. The first-order valence-corrected chi connectivity index (χ1v) is 8.62. The van der Waals surface area contributed by atoms with Crippen molar-refractivity contribution in [3.8, 4) is 10.6 Å². The van der Waals surface area contributed by atoms with E-state index in [1.807, 2.05) is 17.9 Å². The summed E-state index contributed by atoms with van der Waals surface area (Å²) in [6, 6.07) is 5.44. The van der Waals surface area contributed by atoms with Crippen molar-refractivity contribution in [3.63, 3.8) is 0 Å². The maximum absolute atomic E-state index is 12.6. The van der Waals surface area contributed by atoms with E-state index < -0.39 is 0 Å². The van der Waals surface area contributed by atoms with E-state index in [2.05, 4.69) is 10.3 Å². The van der Waals surface area contributed by atoms with Crippen LogP contribution in [0.25, 0.3) is 10.6 Å². The van der Waals surface area contributed by atoms with Crippen molar-refractivity contribution < 1.29 is 4.79 Å². The van der Waals surface area contributed by atoms with E-state index in [0.29, 0.717) is 22.3 Å². The topological polar surface area (TPSA) is 45.2 Å². The van der Waals surface area contributed by atoms with Crippen molar-refractivity contribution in [2.45, 2.75) is 13.0 Å². The summed E-state index contributed by atoms with van der Waals surface area (Å²) >= 11 is 13.5. The van der Waals surface area contributed by atoms with Crippen LogP contribution in [0.4, 0.5) is 0 Å². The maximum atomic E-state index is 12.6. The number of nitrogens with zero attached hydrogens (tertiary/aromatic N) is 2. The summed E-state index contributed by atoms with van der Waals surface area (Å²) in [4.78, 5) is 18.9. The molecule has 1 aromatic heterocycles. The highest BCUT2D eigenvalue weighted by Gasteiger charge is 2.26. The molecule has 7 heteroatoms. The molecule has 2 heterocycles. The Kier molecular flexibility index (Phi) is 4.68. The van der Waals surface area contributed by atoms with Gasteiger partial charge >= 0.3 is 0 Å². The smallest absolute Gasteiger partial charge is 0.273 e. The van der Waals surface area contributed by atoms with E-state index in [-0.39, 0.29) is 11.9 Å². The van der Waals surface area contributed by atoms with Crippen LogP contribution in [0, 0.1) is 0 Å². The summed E-state index contributed by atoms with van der Waals surface area (Å²) in [5, 5.41) is 6.91. The number of aromatic nitrogens is 1. The Morgan fingerprint density at radius 2 is 2.27 bits per heavy atom. The number of nitrogens with one attached hydrogen (secondary N) is 1. The molecule has 1 unspecified atom stereocenters. The van der Waals surface area contributed by atoms with Gasteiger partial charge in [-0.25, -0.2) is 4.98 Å². The molecular weight excluding hydrogens is 341 g/mol. The molecule has 1 atom stereocenters. The van der Waals surface area contributed by atoms with Crippen LogP contribution >= 0.6 is 34.5 Å². The van der Waals surface area contributed by atoms with Gasteiger partial charge in [0.05, 0.1) is 5.02 Å². The quantitative estimate of drug-likeness (QED) is 0.895. The normalized spacial score (nSPS) is 18.5. The highest BCUT2D eigenvalue weighted by molar-refractivity contribution is 7.13. The van der Waals surface area contributed by atoms with Crippen molar-refractivity contribution >= 4 is 40.4 Å². The summed E-state index contributed by atoms with van der Waals surface area (Å²) in [5.41, 5.74) is 1.27. The highest BCUT2D eigenvalue weighted by atomic mass is 35.5. The Bertz CT molecular complexity index is 704. The molecule has 1 N–H and O–H groups in total. The number of carbonyl (C=O) groups is 1. The fraction of sp³-hybridized carbons (Fsp3) is 0.333. The van der Waals surface area contributed by atoms with Gasteiger partial charge in [-0.1, -0.05) is 23.2 Å². The van der Waals surface area contributed by atoms with Crippen LogP contribution in [0.15, 0.2) is 23.6 Å². The van der Waals surface area contributed by atoms with Gasteiger partial charge in [-0.2, -0.15) is 0 Å². The molecule has 1 fully saturated rings. The maximum Gasteiger partial charge on any atom is 0.273 e. The Balaban J connectivity index is 1.85. The number of amides is 1. The molecular formula is C15H15Cl2N3OS. The summed E-state index contributed by atoms with van der Waals surface area (Å²) in [6.45, 7) is 4.36. The van der Waals surface area contributed by atoms with Gasteiger partial charge in [-0.3, -0.25) is 4.79 Å². The number of thiazole rings is 1. The minimum absolute atomic E-state index is 0.0263. The number of piperazine rings is 1. The zero-order valence-electron chi connectivity index (χ0n) is 12.0. The molecule has 2 aromatic rings. The SMILES string of the molecule is CC1CNCCN1C(=O)c1csc(-c2ccc(Cl)cc2Cl)n1. The monoisotopic (exact) mass is 355 g/mol. The third kappa shape index (κ3) is 3.13. The van der Waals surface area contributed by atoms with Crippen molar-refractivity contribution in [2.24, 2.45) is 0 Å². The molecule has 1 aliphatic heterocycles. The Morgan fingerprint density at radius 1 is 1.45 bits per heavy atom. The molecule has 3 rings (SSSR count). The molecule has 1 aliphatic rings. The highest BCUT2D eigenvalue weighted by Crippen LogP contribution is 2.32. The zero-order chi connectivity index (χ0) is 15.7. The second-order valence-electron chi connectivity index (χ2n) is 5.21. The van der Waals surface area contributed by atoms with Crippen LogP contribution in [-0.2, 0) is 0 Å². The van der Waals surface area contributed by atoms with E-state index in [0.717, 1.165) is 23.7 Å². The summed E-state index contributed by atoms with van der Waals surface area (Å²) in [7, 11) is 0. The van der Waals surface area contributed by atoms with Crippen LogP contribution < -0.4 is 5.32 Å². The predicted molar refractivity (Wildman–Crippen MR) is 90.9 cm³/mol. The minimum atomic E-state index is -0.0263. The number of benzene rings is 1. The number of halogens is 2. The van der Waals surface area contributed by atoms with Gasteiger partial charge in [0.15, 0.2) is 0 Å². The first-order chi connectivity index (χ1) is 10.6. The van der Waals surface area contributed by atoms with Gasteiger partial charge in [0.25, 0.3) is 5.91 Å². The van der Waals surface area contributed by atoms with Crippen molar-refractivity contribution in [1.82, 2.24) is 15.2 Å². The molecule has 0 aliphatic carbocycles. The number of rotatable bonds is 2. The first kappa shape index (κ1) is 15.7. The van der Waals surface area contributed by atoms with Crippen molar-refractivity contribution in [2.75, 3.05) is 19.6 Å². The minimum Gasteiger partial charge on any atom is -0.332 e. The average Bonchev–Trinajstić information content (AvgIpc) is 2.96. The predicted octanol–water partition coefficient (Wildman–Crippen LogP) is 3.55. The van der Waals surface area contributed by atoms with E-state index in [9.17, 15) is 4.79 Å². The molecule has 0 radical (unpaired) electrons. The van der Waals surface area contributed by atoms with Crippen molar-refractivity contribution in [1.29, 1.82) is 0 Å². The lowest BCUT2D eigenvalue weighted by Gasteiger charge is -2.33. The third-order valence-electron chi connectivity index (χ3n) is 3.65. The Labute approximate surface area is 143 Å². The molecule has 0 saturated carbocycles. The van der Waals surface area contributed by atoms with Gasteiger partial charge in [-0.15, -0.1) is 11.3 Å². The molecule has 22 heavy (non-hydrogen) atoms. The van der Waals surface area contributed by atoms with Crippen LogP contribution in [-0.4, -0.2) is 41.5 Å². The summed E-state index contributed by atoms with van der Waals surface area (Å²) in [6.07, 6.45) is 0. The van der Waals surface area contributed by atoms with Crippen LogP contribution in [0.2, 0.25) is 10.0 Å². The number of carbonyl (C=O) groups excluding carboxylic acids is 1. The fourth-order valence-electron chi connectivity index (χ4n) is 2.45. The zero-order valence-corrected chi connectivity index (χ0v) is 14.3. The van der Waals surface area contributed by atoms with E-state index in [1.165, 1.54) is 11.3 Å². The van der Waals surface area contributed by atoms with Crippen LogP contribution in [0.5, 0.6) is 0 Å². The second-order valence-corrected chi connectivity index (χ2v) is 6.92. The van der Waals surface area contributed by atoms with Gasteiger partial charge < -0.3 is 10.2 Å². The van der Waals surface area contributed by atoms with E-state index >= 15 is 0 Å². The molecule has 0 bridgehead atoms. The van der Waals surface area contributed by atoms with E-state index in [1.54, 1.807) is 17.5 Å². The van der Waals surface area contributed by atoms with Gasteiger partial charge in [0, 0.05) is 41.6 Å². The average molecular weight is 356 g/mol.